The number of nitrogen functional groups attached to an aromatic ring is 1. The molecule has 2 heterocycles. The Kier molecular flexibility index (Phi) is 2.64. The summed E-state index contributed by atoms with van der Waals surface area (Å²) in [6.45, 7) is 0. The standard InChI is InChI=1S/C13H13ClN4O/c1-18-6-8(10-5-13(15)17-16-10)7-3-12(19-2)9(14)4-11(7)18/h3-6H,1-2H3,(H3,15,16,17). The molecule has 5 nitrogen and oxygen atoms in total. The Morgan fingerprint density at radius 3 is 2.79 bits per heavy atom. The van der Waals surface area contributed by atoms with E-state index < -0.39 is 0 Å². The predicted molar refractivity (Wildman–Crippen MR) is 76.5 cm³/mol. The lowest BCUT2D eigenvalue weighted by atomic mass is 10.1. The van der Waals surface area contributed by atoms with E-state index in [1.807, 2.05) is 29.9 Å². The number of ether oxygens (including phenoxy) is 1. The number of aromatic nitrogens is 3. The molecular formula is C13H13ClN4O. The van der Waals surface area contributed by atoms with Crippen LogP contribution in [0.5, 0.6) is 5.75 Å². The Hall–Kier alpha value is -2.14. The van der Waals surface area contributed by atoms with Crippen LogP contribution in [0.4, 0.5) is 5.82 Å². The summed E-state index contributed by atoms with van der Waals surface area (Å²) in [7, 11) is 3.57. The number of nitrogens with zero attached hydrogens (tertiary/aromatic N) is 2. The minimum atomic E-state index is 0.466. The number of rotatable bonds is 2. The molecule has 0 amide bonds. The zero-order chi connectivity index (χ0) is 13.6. The van der Waals surface area contributed by atoms with E-state index in [-0.39, 0.29) is 0 Å². The lowest BCUT2D eigenvalue weighted by molar-refractivity contribution is 0.415. The van der Waals surface area contributed by atoms with Gasteiger partial charge in [-0.2, -0.15) is 5.10 Å². The second-order valence-corrected chi connectivity index (χ2v) is 4.77. The summed E-state index contributed by atoms with van der Waals surface area (Å²) in [6.07, 6.45) is 2.01. The van der Waals surface area contributed by atoms with Gasteiger partial charge in [0.1, 0.15) is 11.6 Å². The summed E-state index contributed by atoms with van der Waals surface area (Å²) < 4.78 is 7.27. The highest BCUT2D eigenvalue weighted by Gasteiger charge is 2.13. The highest BCUT2D eigenvalue weighted by molar-refractivity contribution is 6.33. The molecule has 0 aliphatic carbocycles. The maximum absolute atomic E-state index is 6.16. The Morgan fingerprint density at radius 1 is 1.37 bits per heavy atom. The molecule has 0 saturated heterocycles. The quantitative estimate of drug-likeness (QED) is 0.756. The predicted octanol–water partition coefficient (Wildman–Crippen LogP) is 2.81. The zero-order valence-electron chi connectivity index (χ0n) is 10.6. The number of nitrogens with one attached hydrogen (secondary N) is 1. The van der Waals surface area contributed by atoms with Crippen molar-refractivity contribution in [1.29, 1.82) is 0 Å². The first-order valence-corrected chi connectivity index (χ1v) is 6.11. The maximum Gasteiger partial charge on any atom is 0.145 e. The maximum atomic E-state index is 6.16. The van der Waals surface area contributed by atoms with Crippen molar-refractivity contribution < 1.29 is 4.74 Å². The third kappa shape index (κ3) is 1.82. The van der Waals surface area contributed by atoms with E-state index in [1.165, 1.54) is 0 Å². The van der Waals surface area contributed by atoms with E-state index >= 15 is 0 Å². The summed E-state index contributed by atoms with van der Waals surface area (Å²) in [4.78, 5) is 0. The van der Waals surface area contributed by atoms with Crippen molar-refractivity contribution in [3.05, 3.63) is 29.4 Å². The molecule has 0 unspecified atom stereocenters. The Balaban J connectivity index is 2.31. The number of fused-ring (bicyclic) bond motifs is 1. The molecule has 3 N–H and O–H groups in total. The number of aryl methyl sites for hydroxylation is 1. The van der Waals surface area contributed by atoms with Crippen LogP contribution in [0.1, 0.15) is 0 Å². The fourth-order valence-corrected chi connectivity index (χ4v) is 2.46. The van der Waals surface area contributed by atoms with Gasteiger partial charge in [-0.05, 0) is 12.1 Å². The number of anilines is 1. The van der Waals surface area contributed by atoms with Gasteiger partial charge in [0, 0.05) is 30.3 Å². The van der Waals surface area contributed by atoms with Gasteiger partial charge in [-0.3, -0.25) is 5.10 Å². The van der Waals surface area contributed by atoms with Crippen molar-refractivity contribution in [2.45, 2.75) is 0 Å². The van der Waals surface area contributed by atoms with Crippen LogP contribution in [-0.2, 0) is 7.05 Å². The van der Waals surface area contributed by atoms with Crippen molar-refractivity contribution in [2.75, 3.05) is 12.8 Å². The molecule has 3 aromatic rings. The monoisotopic (exact) mass is 276 g/mol. The summed E-state index contributed by atoms with van der Waals surface area (Å²) in [5, 5.41) is 8.50. The third-order valence-electron chi connectivity index (χ3n) is 3.15. The molecular weight excluding hydrogens is 264 g/mol. The molecule has 0 aliphatic rings. The van der Waals surface area contributed by atoms with Gasteiger partial charge >= 0.3 is 0 Å². The smallest absolute Gasteiger partial charge is 0.145 e. The summed E-state index contributed by atoms with van der Waals surface area (Å²) in [5.74, 6) is 1.11. The van der Waals surface area contributed by atoms with E-state index in [0.717, 1.165) is 22.2 Å². The Bertz CT molecular complexity index is 759. The fraction of sp³-hybridized carbons (Fsp3) is 0.154. The number of aromatic amines is 1. The molecule has 0 bridgehead atoms. The second-order valence-electron chi connectivity index (χ2n) is 4.36. The summed E-state index contributed by atoms with van der Waals surface area (Å²) in [5.41, 5.74) is 8.55. The SMILES string of the molecule is COc1cc2c(-c3cc(N)n[nH]3)cn(C)c2cc1Cl. The van der Waals surface area contributed by atoms with Gasteiger partial charge in [0.05, 0.1) is 23.3 Å². The fourth-order valence-electron chi connectivity index (χ4n) is 2.23. The highest BCUT2D eigenvalue weighted by Crippen LogP contribution is 2.36. The Morgan fingerprint density at radius 2 is 2.16 bits per heavy atom. The number of hydrogen-bond acceptors (Lipinski definition) is 3. The van der Waals surface area contributed by atoms with Crippen molar-refractivity contribution in [3.8, 4) is 17.0 Å². The Labute approximate surface area is 114 Å². The molecule has 0 atom stereocenters. The number of H-pyrrole nitrogens is 1. The van der Waals surface area contributed by atoms with Gasteiger partial charge in [-0.1, -0.05) is 11.6 Å². The van der Waals surface area contributed by atoms with Crippen molar-refractivity contribution in [2.24, 2.45) is 7.05 Å². The summed E-state index contributed by atoms with van der Waals surface area (Å²) >= 11 is 6.16. The number of methoxy groups -OCH3 is 1. The van der Waals surface area contributed by atoms with E-state index in [4.69, 9.17) is 22.1 Å². The molecule has 0 aliphatic heterocycles. The van der Waals surface area contributed by atoms with Gasteiger partial charge in [-0.25, -0.2) is 0 Å². The number of hydrogen-bond donors (Lipinski definition) is 2. The zero-order valence-corrected chi connectivity index (χ0v) is 11.3. The normalized spacial score (nSPS) is 11.1. The van der Waals surface area contributed by atoms with Gasteiger partial charge in [-0.15, -0.1) is 0 Å². The van der Waals surface area contributed by atoms with E-state index in [2.05, 4.69) is 10.2 Å². The van der Waals surface area contributed by atoms with Crippen LogP contribution in [0.2, 0.25) is 5.02 Å². The first-order valence-electron chi connectivity index (χ1n) is 5.74. The highest BCUT2D eigenvalue weighted by atomic mass is 35.5. The van der Waals surface area contributed by atoms with Crippen molar-refractivity contribution in [1.82, 2.24) is 14.8 Å². The van der Waals surface area contributed by atoms with E-state index in [9.17, 15) is 0 Å². The number of nitrogens with two attached hydrogens (primary N) is 1. The minimum Gasteiger partial charge on any atom is -0.495 e. The second kappa shape index (κ2) is 4.20. The lowest BCUT2D eigenvalue weighted by Crippen LogP contribution is -1.87. The van der Waals surface area contributed by atoms with Crippen LogP contribution in [0.25, 0.3) is 22.2 Å². The molecule has 1 aromatic carbocycles. The van der Waals surface area contributed by atoms with Crippen LogP contribution in [0.3, 0.4) is 0 Å². The van der Waals surface area contributed by atoms with Gasteiger partial charge in [0.15, 0.2) is 0 Å². The minimum absolute atomic E-state index is 0.466. The molecule has 98 valence electrons. The molecule has 0 fully saturated rings. The largest absolute Gasteiger partial charge is 0.495 e. The number of benzene rings is 1. The van der Waals surface area contributed by atoms with Crippen LogP contribution in [0.15, 0.2) is 24.4 Å². The van der Waals surface area contributed by atoms with Crippen LogP contribution < -0.4 is 10.5 Å². The first-order chi connectivity index (χ1) is 9.10. The molecule has 19 heavy (non-hydrogen) atoms. The number of halogens is 1. The van der Waals surface area contributed by atoms with Crippen LogP contribution in [-0.4, -0.2) is 21.9 Å². The van der Waals surface area contributed by atoms with E-state index in [0.29, 0.717) is 16.6 Å². The van der Waals surface area contributed by atoms with E-state index in [1.54, 1.807) is 13.2 Å². The molecule has 6 heteroatoms. The average Bonchev–Trinajstić information content (AvgIpc) is 2.93. The van der Waals surface area contributed by atoms with Gasteiger partial charge < -0.3 is 15.0 Å². The lowest BCUT2D eigenvalue weighted by Gasteiger charge is -2.04. The summed E-state index contributed by atoms with van der Waals surface area (Å²) in [6, 6.07) is 5.61. The first kappa shape index (κ1) is 11.9. The van der Waals surface area contributed by atoms with Crippen molar-refractivity contribution in [3.63, 3.8) is 0 Å². The molecule has 2 aromatic heterocycles. The van der Waals surface area contributed by atoms with Crippen LogP contribution >= 0.6 is 11.6 Å². The molecule has 3 rings (SSSR count). The molecule has 0 spiro atoms. The topological polar surface area (TPSA) is 68.9 Å². The molecule has 0 radical (unpaired) electrons. The molecule has 0 saturated carbocycles. The van der Waals surface area contributed by atoms with Crippen molar-refractivity contribution >= 4 is 28.3 Å². The average molecular weight is 277 g/mol. The van der Waals surface area contributed by atoms with Gasteiger partial charge in [0.2, 0.25) is 0 Å². The third-order valence-corrected chi connectivity index (χ3v) is 3.45. The van der Waals surface area contributed by atoms with Gasteiger partial charge in [0.25, 0.3) is 0 Å². The van der Waals surface area contributed by atoms with Crippen LogP contribution in [0, 0.1) is 0 Å².